The molecule has 2 aromatic heterocycles. The molecular weight excluding hydrogens is 232 g/mol. The Bertz CT molecular complexity index is 507. The van der Waals surface area contributed by atoms with Crippen LogP contribution in [0, 0.1) is 6.92 Å². The lowest BCUT2D eigenvalue weighted by atomic mass is 10.1. The van der Waals surface area contributed by atoms with Crippen molar-refractivity contribution in [2.45, 2.75) is 19.9 Å². The fourth-order valence-corrected chi connectivity index (χ4v) is 2.26. The summed E-state index contributed by atoms with van der Waals surface area (Å²) >= 11 is 1.58. The Morgan fingerprint density at radius 2 is 2.12 bits per heavy atom. The first-order chi connectivity index (χ1) is 8.16. The average molecular weight is 246 g/mol. The van der Waals surface area contributed by atoms with Crippen LogP contribution in [0.1, 0.15) is 33.8 Å². The number of aromatic nitrogens is 1. The largest absolute Gasteiger partial charge is 0.345 e. The van der Waals surface area contributed by atoms with Crippen LogP contribution < -0.4 is 5.32 Å². The van der Waals surface area contributed by atoms with Crippen LogP contribution >= 0.6 is 11.3 Å². The normalized spacial score (nSPS) is 12.1. The summed E-state index contributed by atoms with van der Waals surface area (Å²) in [5.74, 6) is -0.0290. The highest BCUT2D eigenvalue weighted by Gasteiger charge is 2.11. The molecule has 1 atom stereocenters. The Morgan fingerprint density at radius 1 is 1.41 bits per heavy atom. The Hall–Kier alpha value is -1.68. The van der Waals surface area contributed by atoms with E-state index in [2.05, 4.69) is 10.3 Å². The number of amides is 1. The topological polar surface area (TPSA) is 42.0 Å². The molecular formula is C13H14N2OS. The first-order valence-corrected chi connectivity index (χ1v) is 6.30. The Balaban J connectivity index is 2.04. The molecule has 1 amide bonds. The van der Waals surface area contributed by atoms with Gasteiger partial charge in [0.2, 0.25) is 0 Å². The van der Waals surface area contributed by atoms with Crippen molar-refractivity contribution in [3.8, 4) is 0 Å². The number of nitrogens with zero attached hydrogens (tertiary/aromatic N) is 1. The second kappa shape index (κ2) is 5.10. The van der Waals surface area contributed by atoms with Crippen LogP contribution in [-0.2, 0) is 0 Å². The van der Waals surface area contributed by atoms with Gasteiger partial charge in [-0.25, -0.2) is 0 Å². The van der Waals surface area contributed by atoms with Crippen LogP contribution in [0.25, 0.3) is 0 Å². The number of hydrogen-bond acceptors (Lipinski definition) is 3. The highest BCUT2D eigenvalue weighted by molar-refractivity contribution is 7.10. The molecule has 0 aliphatic rings. The predicted octanol–water partition coefficient (Wildman–Crippen LogP) is 2.94. The van der Waals surface area contributed by atoms with Crippen molar-refractivity contribution in [3.63, 3.8) is 0 Å². The molecule has 0 saturated heterocycles. The van der Waals surface area contributed by atoms with Crippen molar-refractivity contribution < 1.29 is 4.79 Å². The molecule has 2 aromatic rings. The molecule has 1 N–H and O–H groups in total. The third-order valence-electron chi connectivity index (χ3n) is 2.55. The molecule has 0 bridgehead atoms. The summed E-state index contributed by atoms with van der Waals surface area (Å²) in [4.78, 5) is 17.0. The third kappa shape index (κ3) is 2.91. The first kappa shape index (κ1) is 11.8. The Morgan fingerprint density at radius 3 is 2.71 bits per heavy atom. The number of hydrogen-bond donors (Lipinski definition) is 1. The van der Waals surface area contributed by atoms with Crippen molar-refractivity contribution in [2.75, 3.05) is 0 Å². The van der Waals surface area contributed by atoms with E-state index in [-0.39, 0.29) is 11.9 Å². The van der Waals surface area contributed by atoms with Crippen LogP contribution in [-0.4, -0.2) is 10.9 Å². The number of rotatable bonds is 3. The lowest BCUT2D eigenvalue weighted by Crippen LogP contribution is -2.26. The van der Waals surface area contributed by atoms with Gasteiger partial charge in [0.1, 0.15) is 0 Å². The van der Waals surface area contributed by atoms with E-state index in [1.165, 1.54) is 0 Å². The zero-order valence-electron chi connectivity index (χ0n) is 9.81. The van der Waals surface area contributed by atoms with Crippen LogP contribution in [0.2, 0.25) is 0 Å². The number of aryl methyl sites for hydroxylation is 1. The highest BCUT2D eigenvalue weighted by atomic mass is 32.1. The van der Waals surface area contributed by atoms with Gasteiger partial charge in [0.25, 0.3) is 5.91 Å². The van der Waals surface area contributed by atoms with Gasteiger partial charge in [0, 0.05) is 22.7 Å². The van der Waals surface area contributed by atoms with E-state index >= 15 is 0 Å². The summed E-state index contributed by atoms with van der Waals surface area (Å²) in [5.41, 5.74) is 1.79. The second-order valence-corrected chi connectivity index (χ2v) is 5.04. The highest BCUT2D eigenvalue weighted by Crippen LogP contribution is 2.15. The minimum Gasteiger partial charge on any atom is -0.345 e. The Labute approximate surface area is 105 Å². The van der Waals surface area contributed by atoms with E-state index < -0.39 is 0 Å². The van der Waals surface area contributed by atoms with Gasteiger partial charge in [-0.15, -0.1) is 11.3 Å². The first-order valence-electron chi connectivity index (χ1n) is 5.43. The van der Waals surface area contributed by atoms with Gasteiger partial charge in [0.05, 0.1) is 11.6 Å². The zero-order chi connectivity index (χ0) is 12.3. The van der Waals surface area contributed by atoms with Gasteiger partial charge in [-0.1, -0.05) is 0 Å². The maximum atomic E-state index is 11.9. The van der Waals surface area contributed by atoms with Gasteiger partial charge < -0.3 is 5.32 Å². The van der Waals surface area contributed by atoms with E-state index in [0.29, 0.717) is 0 Å². The molecule has 0 saturated carbocycles. The van der Waals surface area contributed by atoms with E-state index in [1.807, 2.05) is 37.4 Å². The monoisotopic (exact) mass is 246 g/mol. The fourth-order valence-electron chi connectivity index (χ4n) is 1.58. The maximum absolute atomic E-state index is 11.9. The minimum atomic E-state index is -0.0290. The predicted molar refractivity (Wildman–Crippen MR) is 69.2 cm³/mol. The SMILES string of the molecule is Cc1cc(C(=O)N[C@@H](C)c2ccncc2)cs1. The number of carbonyl (C=O) groups excluding carboxylic acids is 1. The number of pyridine rings is 1. The van der Waals surface area contributed by atoms with Crippen molar-refractivity contribution in [1.82, 2.24) is 10.3 Å². The molecule has 0 aliphatic carbocycles. The van der Waals surface area contributed by atoms with Gasteiger partial charge in [0.15, 0.2) is 0 Å². The van der Waals surface area contributed by atoms with Crippen LogP contribution in [0.15, 0.2) is 36.0 Å². The molecule has 0 fully saturated rings. The van der Waals surface area contributed by atoms with Crippen molar-refractivity contribution in [1.29, 1.82) is 0 Å². The molecule has 17 heavy (non-hydrogen) atoms. The molecule has 4 heteroatoms. The van der Waals surface area contributed by atoms with Crippen LogP contribution in [0.4, 0.5) is 0 Å². The summed E-state index contributed by atoms with van der Waals surface area (Å²) < 4.78 is 0. The summed E-state index contributed by atoms with van der Waals surface area (Å²) in [5, 5.41) is 4.84. The lowest BCUT2D eigenvalue weighted by molar-refractivity contribution is 0.0940. The molecule has 88 valence electrons. The molecule has 0 unspecified atom stereocenters. The lowest BCUT2D eigenvalue weighted by Gasteiger charge is -2.13. The average Bonchev–Trinajstić information content (AvgIpc) is 2.77. The van der Waals surface area contributed by atoms with Crippen LogP contribution in [0.3, 0.4) is 0 Å². The maximum Gasteiger partial charge on any atom is 0.252 e. The van der Waals surface area contributed by atoms with Gasteiger partial charge >= 0.3 is 0 Å². The standard InChI is InChI=1S/C13H14N2OS/c1-9-7-12(8-17-9)13(16)15-10(2)11-3-5-14-6-4-11/h3-8,10H,1-2H3,(H,15,16)/t10-/m0/s1. The molecule has 2 rings (SSSR count). The summed E-state index contributed by atoms with van der Waals surface area (Å²) in [6.07, 6.45) is 3.46. The molecule has 0 spiro atoms. The van der Waals surface area contributed by atoms with E-state index in [9.17, 15) is 4.79 Å². The summed E-state index contributed by atoms with van der Waals surface area (Å²) in [6, 6.07) is 5.71. The van der Waals surface area contributed by atoms with Gasteiger partial charge in [-0.2, -0.15) is 0 Å². The molecule has 2 heterocycles. The molecule has 0 radical (unpaired) electrons. The smallest absolute Gasteiger partial charge is 0.252 e. The fraction of sp³-hybridized carbons (Fsp3) is 0.231. The summed E-state index contributed by atoms with van der Waals surface area (Å²) in [7, 11) is 0. The number of nitrogens with one attached hydrogen (secondary N) is 1. The molecule has 0 aliphatic heterocycles. The summed E-state index contributed by atoms with van der Waals surface area (Å²) in [6.45, 7) is 3.96. The van der Waals surface area contributed by atoms with E-state index in [0.717, 1.165) is 16.0 Å². The van der Waals surface area contributed by atoms with E-state index in [1.54, 1.807) is 23.7 Å². The van der Waals surface area contributed by atoms with Gasteiger partial charge in [-0.05, 0) is 37.6 Å². The number of thiophene rings is 1. The third-order valence-corrected chi connectivity index (χ3v) is 3.41. The molecule has 3 nitrogen and oxygen atoms in total. The minimum absolute atomic E-state index is 0.00861. The number of carbonyl (C=O) groups is 1. The molecule has 0 aromatic carbocycles. The zero-order valence-corrected chi connectivity index (χ0v) is 10.6. The second-order valence-electron chi connectivity index (χ2n) is 3.92. The quantitative estimate of drug-likeness (QED) is 0.904. The Kier molecular flexibility index (Phi) is 3.54. The van der Waals surface area contributed by atoms with Crippen LogP contribution in [0.5, 0.6) is 0 Å². The van der Waals surface area contributed by atoms with Crippen molar-refractivity contribution >= 4 is 17.2 Å². The van der Waals surface area contributed by atoms with Gasteiger partial charge in [-0.3, -0.25) is 9.78 Å². The van der Waals surface area contributed by atoms with Crippen molar-refractivity contribution in [2.24, 2.45) is 0 Å². The van der Waals surface area contributed by atoms with E-state index in [4.69, 9.17) is 0 Å². The van der Waals surface area contributed by atoms with Crippen molar-refractivity contribution in [3.05, 3.63) is 52.0 Å².